The van der Waals surface area contributed by atoms with Gasteiger partial charge in [0.15, 0.2) is 11.6 Å². The first-order valence-corrected chi connectivity index (χ1v) is 48.5. The van der Waals surface area contributed by atoms with E-state index in [2.05, 4.69) is 58.7 Å². The van der Waals surface area contributed by atoms with Crippen molar-refractivity contribution in [2.45, 2.75) is 143 Å². The van der Waals surface area contributed by atoms with Crippen molar-refractivity contribution in [2.75, 3.05) is 91.8 Å². The van der Waals surface area contributed by atoms with Crippen LogP contribution in [0.2, 0.25) is 13.3 Å². The molecule has 6 aliphatic carbocycles. The van der Waals surface area contributed by atoms with Crippen LogP contribution >= 0.6 is 111 Å². The van der Waals surface area contributed by atoms with E-state index >= 15 is 8.78 Å². The van der Waals surface area contributed by atoms with E-state index in [-0.39, 0.29) is 125 Å². The van der Waals surface area contributed by atoms with Crippen LogP contribution < -0.4 is 2.89 Å². The van der Waals surface area contributed by atoms with Crippen LogP contribution in [0.15, 0.2) is 60.1 Å². The summed E-state index contributed by atoms with van der Waals surface area (Å²) in [6.07, 6.45) is 7.27. The molecular formula is C68H67Br2ClF10O19S6Sn. The second-order valence-electron chi connectivity index (χ2n) is 25.5. The molecule has 6 fully saturated rings. The van der Waals surface area contributed by atoms with Gasteiger partial charge in [-0.25, -0.2) is 0 Å². The molecule has 0 unspecified atom stereocenters. The number of thiophene rings is 6. The second-order valence-corrected chi connectivity index (χ2v) is 48.7. The summed E-state index contributed by atoms with van der Waals surface area (Å²) in [5.41, 5.74) is 1.41. The zero-order valence-electron chi connectivity index (χ0n) is 56.8. The monoisotopic (exact) mass is 1880 g/mol. The minimum atomic E-state index is -3.85. The van der Waals surface area contributed by atoms with Gasteiger partial charge in [0.05, 0.1) is 97.8 Å². The van der Waals surface area contributed by atoms with Gasteiger partial charge >= 0.3 is 217 Å². The molecule has 584 valence electrons. The summed E-state index contributed by atoms with van der Waals surface area (Å²) in [6, 6.07) is 9.46. The minimum Gasteiger partial charge on any atom is -0.395 e. The van der Waals surface area contributed by atoms with Crippen molar-refractivity contribution in [2.24, 2.45) is 0 Å². The second kappa shape index (κ2) is 32.0. The SMILES string of the molecule is CCC[CH2][Sn]([CH2]CCC)([CH2]CCC)[c]1cc2c(s1)C1(OCCO1)C(F)(F)C21OCCO1.FC1(F)C2(OCCO2)c2cc(Br)sc2C12OCCO2.FC1(F)C2(OCCO2)c2ccsc2C12OCCO2.O=C1CC(=O)c2sccc21.O=C1c2cc(Br)sc2C(=O)C1(F)F.O=C1c2ccsc2C(=O)C1(F)F.OCCCl. The van der Waals surface area contributed by atoms with E-state index in [9.17, 15) is 63.9 Å². The predicted molar refractivity (Wildman–Crippen MR) is 380 cm³/mol. The first kappa shape index (κ1) is 83.5. The normalized spacial score (nSPS) is 23.4. The molecule has 0 bridgehead atoms. The summed E-state index contributed by atoms with van der Waals surface area (Å²) in [7, 11) is 0. The zero-order chi connectivity index (χ0) is 77.2. The van der Waals surface area contributed by atoms with Gasteiger partial charge in [-0.2, -0.15) is 35.1 Å². The Bertz CT molecular complexity index is 4060. The Hall–Kier alpha value is -2.95. The smallest absolute Gasteiger partial charge is 0.372 e. The van der Waals surface area contributed by atoms with Gasteiger partial charge in [-0.1, -0.05) is 0 Å². The van der Waals surface area contributed by atoms with Crippen LogP contribution in [0.1, 0.15) is 157 Å². The average Bonchev–Trinajstić information content (AvgIpc) is 1.51. The first-order chi connectivity index (χ1) is 50.8. The van der Waals surface area contributed by atoms with Gasteiger partial charge in [-0.3, -0.25) is 28.8 Å². The molecule has 12 aliphatic rings. The van der Waals surface area contributed by atoms with Crippen LogP contribution in [0.5, 0.6) is 0 Å². The zero-order valence-corrected chi connectivity index (χ0v) is 68.5. The van der Waals surface area contributed by atoms with Gasteiger partial charge < -0.3 is 43.0 Å². The summed E-state index contributed by atoms with van der Waals surface area (Å²) in [4.78, 5) is 67.0. The Morgan fingerprint density at radius 2 is 0.785 bits per heavy atom. The van der Waals surface area contributed by atoms with E-state index in [1.807, 2.05) is 0 Å². The van der Waals surface area contributed by atoms with Gasteiger partial charge in [0.25, 0.3) is 34.7 Å². The van der Waals surface area contributed by atoms with Crippen molar-refractivity contribution in [3.05, 3.63) is 123 Å². The molecule has 6 saturated heterocycles. The third-order valence-corrected chi connectivity index (χ3v) is 45.1. The number of ether oxygens (including phenoxy) is 12. The number of rotatable bonds is 11. The fourth-order valence-electron chi connectivity index (χ4n) is 14.4. The molecule has 12 heterocycles. The fourth-order valence-corrected chi connectivity index (χ4v) is 40.9. The standard InChI is InChI=1S/C11H9BrF2O4S.C11H10F2O4S.C11H9F2O4S.C7HBrF2O2S.C7H2F2O2S.C7H4O2S.3C4H9.C2H5ClO.Sn/c12-7-5-6-8(19-7)10(17-3-4-18-10)11(13,14)9(6)15-1-2-16-9;2*12-11(13)9(14-2-3-15-9)7-1-6-18-8(7)10(11)16-4-5-17-10;8-3-1-2-4(13-3)6(12)7(9,10)5(2)11;8-7(9)5(10)3-1-2-12-4(3)6(7)11;8-5-3-6(9)7-4(5)1-2-10-7;3*1-3-4-2;3-1-2-4;/h5H,1-4H2;1,6H,2-5H2;1H,2-5H2;1H;1-2H;1-2H,3H2;3*1,3-4H2,2H3;4H,1-2H2;. The summed E-state index contributed by atoms with van der Waals surface area (Å²) >= 11 is 15.4. The van der Waals surface area contributed by atoms with Crippen LogP contribution in [0, 0.1) is 0 Å². The number of aliphatic hydroxyl groups is 1. The van der Waals surface area contributed by atoms with Gasteiger partial charge in [0, 0.05) is 33.7 Å². The maximum atomic E-state index is 15.9. The molecule has 0 aromatic carbocycles. The molecular weight excluding hydrogens is 1820 g/mol. The predicted octanol–water partition coefficient (Wildman–Crippen LogP) is 16.2. The molecule has 18 rings (SSSR count). The molecule has 107 heavy (non-hydrogen) atoms. The molecule has 0 atom stereocenters. The van der Waals surface area contributed by atoms with Crippen LogP contribution in [0.3, 0.4) is 0 Å². The number of Topliss-reactive ketones (excluding diaryl/α,β-unsaturated/α-hetero) is 6. The van der Waals surface area contributed by atoms with Crippen molar-refractivity contribution in [1.82, 2.24) is 0 Å². The third kappa shape index (κ3) is 13.3. The van der Waals surface area contributed by atoms with Crippen molar-refractivity contribution in [3.8, 4) is 0 Å². The van der Waals surface area contributed by atoms with Crippen molar-refractivity contribution in [3.63, 3.8) is 0 Å². The van der Waals surface area contributed by atoms with E-state index in [1.54, 1.807) is 40.3 Å². The quantitative estimate of drug-likeness (QED) is 0.0549. The van der Waals surface area contributed by atoms with E-state index in [0.717, 1.165) is 34.0 Å². The average molecular weight is 1880 g/mol. The number of hydrogen-bond acceptors (Lipinski definition) is 25. The molecule has 6 aliphatic heterocycles. The van der Waals surface area contributed by atoms with E-state index in [1.165, 1.54) is 94.9 Å². The molecule has 6 aromatic heterocycles. The van der Waals surface area contributed by atoms with Crippen LogP contribution in [-0.2, 0) is 91.6 Å². The topological polar surface area (TPSA) is 233 Å². The molecule has 1 N–H and O–H groups in total. The maximum absolute atomic E-state index is 15.9. The minimum absolute atomic E-state index is 0.0185. The van der Waals surface area contributed by atoms with Crippen molar-refractivity contribution in [1.29, 1.82) is 0 Å². The largest absolute Gasteiger partial charge is 0.395 e. The van der Waals surface area contributed by atoms with Gasteiger partial charge in [0.2, 0.25) is 11.6 Å². The first-order valence-electron chi connectivity index (χ1n) is 33.8. The molecule has 6 spiro atoms. The molecule has 0 radical (unpaired) electrons. The number of unbranched alkanes of at least 4 members (excludes halogenated alkanes) is 3. The molecule has 0 amide bonds. The fraction of sp³-hybridized carbons (Fsp3) is 0.559. The van der Waals surface area contributed by atoms with Gasteiger partial charge in [-0.05, 0) is 78.3 Å². The summed E-state index contributed by atoms with van der Waals surface area (Å²) < 4.78 is 214. The Kier molecular flexibility index (Phi) is 25.0. The number of hydrogen-bond donors (Lipinski definition) is 1. The van der Waals surface area contributed by atoms with Crippen LogP contribution in [0.25, 0.3) is 0 Å². The summed E-state index contributed by atoms with van der Waals surface area (Å²) in [5, 5.41) is 12.7. The summed E-state index contributed by atoms with van der Waals surface area (Å²) in [5.74, 6) is -35.5. The van der Waals surface area contributed by atoms with E-state index < -0.39 is 106 Å². The van der Waals surface area contributed by atoms with Gasteiger partial charge in [-0.15, -0.1) is 68.3 Å². The van der Waals surface area contributed by atoms with Crippen LogP contribution in [0.4, 0.5) is 43.9 Å². The Labute approximate surface area is 654 Å². The molecule has 0 saturated carbocycles. The number of alkyl halides is 11. The Morgan fingerprint density at radius 1 is 0.421 bits per heavy atom. The van der Waals surface area contributed by atoms with Crippen molar-refractivity contribution < 1.29 is 135 Å². The Morgan fingerprint density at radius 3 is 1.21 bits per heavy atom. The third-order valence-electron chi connectivity index (χ3n) is 19.3. The Balaban J connectivity index is 0.000000124. The number of fused-ring (bicyclic) bond motifs is 12. The number of halogens is 13. The number of carbonyl (C=O) groups is 6. The number of aliphatic hydroxyl groups excluding tert-OH is 1. The van der Waals surface area contributed by atoms with E-state index in [0.29, 0.717) is 55.2 Å². The maximum Gasteiger partial charge on any atom is 0.372 e. The summed E-state index contributed by atoms with van der Waals surface area (Å²) in [6.45, 7) is 8.52. The van der Waals surface area contributed by atoms with Gasteiger partial charge in [0.1, 0.15) is 0 Å². The van der Waals surface area contributed by atoms with Crippen LogP contribution in [-0.4, -0.2) is 180 Å². The molecule has 6 aromatic rings. The van der Waals surface area contributed by atoms with E-state index in [4.69, 9.17) is 73.5 Å². The molecule has 39 heteroatoms. The molecule has 19 nitrogen and oxygen atoms in total. The number of ketones is 6. The number of carbonyl (C=O) groups excluding carboxylic acids is 6. The van der Waals surface area contributed by atoms with Crippen molar-refractivity contribution >= 4 is 167 Å².